The van der Waals surface area contributed by atoms with E-state index in [4.69, 9.17) is 0 Å². The number of amides is 1. The molecule has 1 aliphatic carbocycles. The quantitative estimate of drug-likeness (QED) is 0.697. The minimum Gasteiger partial charge on any atom is -0.355 e. The van der Waals surface area contributed by atoms with Gasteiger partial charge in [0.2, 0.25) is 5.91 Å². The van der Waals surface area contributed by atoms with E-state index < -0.39 is 0 Å². The van der Waals surface area contributed by atoms with Crippen LogP contribution in [0.2, 0.25) is 0 Å². The van der Waals surface area contributed by atoms with Gasteiger partial charge >= 0.3 is 0 Å². The van der Waals surface area contributed by atoms with Crippen molar-refractivity contribution in [1.82, 2.24) is 10.2 Å². The summed E-state index contributed by atoms with van der Waals surface area (Å²) in [6.45, 7) is 2.20. The molecule has 1 amide bonds. The Morgan fingerprint density at radius 3 is 2.88 bits per heavy atom. The van der Waals surface area contributed by atoms with Crippen molar-refractivity contribution in [2.45, 2.75) is 44.6 Å². The zero-order valence-corrected chi connectivity index (χ0v) is 10.3. The molecule has 2 unspecified atom stereocenters. The summed E-state index contributed by atoms with van der Waals surface area (Å²) in [5.41, 5.74) is 0. The Balaban J connectivity index is 2.06. The molecule has 2 atom stereocenters. The molecule has 1 saturated carbocycles. The molecule has 1 aliphatic heterocycles. The molecule has 2 aliphatic rings. The third-order valence-electron chi connectivity index (χ3n) is 3.91. The van der Waals surface area contributed by atoms with Crippen molar-refractivity contribution in [3.63, 3.8) is 0 Å². The van der Waals surface area contributed by atoms with Crippen molar-refractivity contribution in [1.29, 1.82) is 5.26 Å². The number of carbonyl (C=O) groups excluding carboxylic acids is 1. The second kappa shape index (κ2) is 6.02. The van der Waals surface area contributed by atoms with Gasteiger partial charge in [0, 0.05) is 19.1 Å². The number of nitrogens with one attached hydrogen (secondary N) is 1. The fraction of sp³-hybridized carbons (Fsp3) is 0.846. The molecule has 4 heteroatoms. The zero-order chi connectivity index (χ0) is 12.1. The maximum Gasteiger partial charge on any atom is 0.234 e. The summed E-state index contributed by atoms with van der Waals surface area (Å²) in [6.07, 6.45) is 6.66. The fourth-order valence-corrected chi connectivity index (χ4v) is 2.99. The van der Waals surface area contributed by atoms with Gasteiger partial charge < -0.3 is 5.32 Å². The monoisotopic (exact) mass is 235 g/mol. The van der Waals surface area contributed by atoms with Crippen molar-refractivity contribution in [3.05, 3.63) is 0 Å². The lowest BCUT2D eigenvalue weighted by Crippen LogP contribution is -2.43. The lowest BCUT2D eigenvalue weighted by Gasteiger charge is -2.31. The maximum atomic E-state index is 11.6. The maximum absolute atomic E-state index is 11.6. The Labute approximate surface area is 103 Å². The number of nitrogens with zero attached hydrogens (tertiary/aromatic N) is 2. The van der Waals surface area contributed by atoms with Gasteiger partial charge in [-0.25, -0.2) is 0 Å². The van der Waals surface area contributed by atoms with E-state index in [1.165, 1.54) is 12.8 Å². The third kappa shape index (κ3) is 3.19. The topological polar surface area (TPSA) is 56.1 Å². The van der Waals surface area contributed by atoms with Crippen LogP contribution in [-0.4, -0.2) is 36.5 Å². The van der Waals surface area contributed by atoms with Crippen molar-refractivity contribution in [2.24, 2.45) is 5.92 Å². The molecule has 0 bridgehead atoms. The van der Waals surface area contributed by atoms with Crippen LogP contribution < -0.4 is 5.32 Å². The van der Waals surface area contributed by atoms with E-state index in [2.05, 4.69) is 16.3 Å². The number of hydrogen-bond acceptors (Lipinski definition) is 3. The molecule has 1 heterocycles. The zero-order valence-electron chi connectivity index (χ0n) is 10.3. The standard InChI is InChI=1S/C13H21N3O/c14-9-11-5-2-1-3-6-12(11)16-8-4-7-15-13(17)10-16/h11-12H,1-8,10H2,(H,15,17). The van der Waals surface area contributed by atoms with Gasteiger partial charge in [0.15, 0.2) is 0 Å². The molecular weight excluding hydrogens is 214 g/mol. The Kier molecular flexibility index (Phi) is 4.38. The molecule has 0 radical (unpaired) electrons. The number of hydrogen-bond donors (Lipinski definition) is 1. The van der Waals surface area contributed by atoms with Crippen LogP contribution in [-0.2, 0) is 4.79 Å². The summed E-state index contributed by atoms with van der Waals surface area (Å²) >= 11 is 0. The fourth-order valence-electron chi connectivity index (χ4n) is 2.99. The van der Waals surface area contributed by atoms with Gasteiger partial charge in [-0.05, 0) is 19.3 Å². The minimum absolute atomic E-state index is 0.114. The van der Waals surface area contributed by atoms with E-state index in [0.717, 1.165) is 38.8 Å². The molecular formula is C13H21N3O. The highest BCUT2D eigenvalue weighted by molar-refractivity contribution is 5.78. The van der Waals surface area contributed by atoms with E-state index in [-0.39, 0.29) is 11.8 Å². The summed E-state index contributed by atoms with van der Waals surface area (Å²) in [4.78, 5) is 13.8. The Hall–Kier alpha value is -1.08. The summed E-state index contributed by atoms with van der Waals surface area (Å²) < 4.78 is 0. The van der Waals surface area contributed by atoms with Crippen LogP contribution in [0, 0.1) is 17.2 Å². The summed E-state index contributed by atoms with van der Waals surface area (Å²) in [7, 11) is 0. The Morgan fingerprint density at radius 2 is 2.06 bits per heavy atom. The third-order valence-corrected chi connectivity index (χ3v) is 3.91. The highest BCUT2D eigenvalue weighted by Crippen LogP contribution is 2.27. The van der Waals surface area contributed by atoms with Gasteiger partial charge in [-0.15, -0.1) is 0 Å². The highest BCUT2D eigenvalue weighted by atomic mass is 16.2. The first-order chi connectivity index (χ1) is 8.31. The van der Waals surface area contributed by atoms with Crippen LogP contribution in [0.5, 0.6) is 0 Å². The van der Waals surface area contributed by atoms with E-state index in [9.17, 15) is 10.1 Å². The van der Waals surface area contributed by atoms with Gasteiger partial charge in [-0.1, -0.05) is 19.3 Å². The van der Waals surface area contributed by atoms with Crippen molar-refractivity contribution >= 4 is 5.91 Å². The number of nitriles is 1. The lowest BCUT2D eigenvalue weighted by atomic mass is 9.94. The summed E-state index contributed by atoms with van der Waals surface area (Å²) in [5, 5.41) is 12.2. The number of rotatable bonds is 1. The molecule has 17 heavy (non-hydrogen) atoms. The summed E-state index contributed by atoms with van der Waals surface area (Å²) in [5.74, 6) is 0.229. The van der Waals surface area contributed by atoms with E-state index in [1.54, 1.807) is 0 Å². The minimum atomic E-state index is 0.114. The van der Waals surface area contributed by atoms with E-state index >= 15 is 0 Å². The van der Waals surface area contributed by atoms with E-state index in [1.807, 2.05) is 0 Å². The first kappa shape index (κ1) is 12.4. The molecule has 0 aromatic carbocycles. The lowest BCUT2D eigenvalue weighted by molar-refractivity contribution is -0.122. The van der Waals surface area contributed by atoms with Gasteiger partial charge in [-0.2, -0.15) is 5.26 Å². The molecule has 1 N–H and O–H groups in total. The van der Waals surface area contributed by atoms with Crippen molar-refractivity contribution < 1.29 is 4.79 Å². The molecule has 2 fully saturated rings. The molecule has 1 saturated heterocycles. The summed E-state index contributed by atoms with van der Waals surface area (Å²) in [6, 6.07) is 2.75. The molecule has 94 valence electrons. The first-order valence-corrected chi connectivity index (χ1v) is 6.71. The Morgan fingerprint density at radius 1 is 1.24 bits per heavy atom. The second-order valence-electron chi connectivity index (χ2n) is 5.11. The Bertz CT molecular complexity index is 310. The van der Waals surface area contributed by atoms with Gasteiger partial charge in [0.05, 0.1) is 18.5 Å². The SMILES string of the molecule is N#CC1CCCCCC1N1CCCNC(=O)C1. The van der Waals surface area contributed by atoms with Gasteiger partial charge in [0.25, 0.3) is 0 Å². The first-order valence-electron chi connectivity index (χ1n) is 6.71. The molecule has 0 aromatic heterocycles. The van der Waals surface area contributed by atoms with Gasteiger partial charge in [0.1, 0.15) is 0 Å². The van der Waals surface area contributed by atoms with Crippen LogP contribution in [0.3, 0.4) is 0 Å². The molecule has 0 spiro atoms. The van der Waals surface area contributed by atoms with Crippen LogP contribution in [0.1, 0.15) is 38.5 Å². The molecule has 4 nitrogen and oxygen atoms in total. The predicted octanol–water partition coefficient (Wildman–Crippen LogP) is 1.28. The largest absolute Gasteiger partial charge is 0.355 e. The predicted molar refractivity (Wildman–Crippen MR) is 65.2 cm³/mol. The molecule has 2 rings (SSSR count). The van der Waals surface area contributed by atoms with E-state index in [0.29, 0.717) is 12.6 Å². The van der Waals surface area contributed by atoms with Crippen LogP contribution >= 0.6 is 0 Å². The highest BCUT2D eigenvalue weighted by Gasteiger charge is 2.30. The van der Waals surface area contributed by atoms with Gasteiger partial charge in [-0.3, -0.25) is 9.69 Å². The van der Waals surface area contributed by atoms with Crippen LogP contribution in [0.4, 0.5) is 0 Å². The van der Waals surface area contributed by atoms with Crippen LogP contribution in [0.15, 0.2) is 0 Å². The second-order valence-corrected chi connectivity index (χ2v) is 5.11. The van der Waals surface area contributed by atoms with Crippen molar-refractivity contribution in [3.8, 4) is 6.07 Å². The molecule has 0 aromatic rings. The number of carbonyl (C=O) groups is 1. The average Bonchev–Trinajstić information content (AvgIpc) is 2.68. The normalized spacial score (nSPS) is 32.1. The van der Waals surface area contributed by atoms with Crippen molar-refractivity contribution in [2.75, 3.05) is 19.6 Å². The van der Waals surface area contributed by atoms with Crippen LogP contribution in [0.25, 0.3) is 0 Å². The average molecular weight is 235 g/mol. The smallest absolute Gasteiger partial charge is 0.234 e.